The van der Waals surface area contributed by atoms with Crippen LogP contribution in [0.4, 0.5) is 0 Å². The van der Waals surface area contributed by atoms with E-state index in [9.17, 15) is 9.59 Å². The molecular weight excluding hydrogens is 524 g/mol. The Morgan fingerprint density at radius 2 is 1.68 bits per heavy atom. The summed E-state index contributed by atoms with van der Waals surface area (Å²) in [5, 5.41) is 9.73. The summed E-state index contributed by atoms with van der Waals surface area (Å²) in [5.74, 6) is 0.565. The van der Waals surface area contributed by atoms with Gasteiger partial charge in [-0.2, -0.15) is 0 Å². The highest BCUT2D eigenvalue weighted by Crippen LogP contribution is 2.39. The van der Waals surface area contributed by atoms with Crippen molar-refractivity contribution in [3.8, 4) is 5.00 Å². The normalized spacial score (nSPS) is 14.6. The number of ether oxygens (including phenoxy) is 2. The first kappa shape index (κ1) is 27.5. The maximum atomic E-state index is 12.9. The van der Waals surface area contributed by atoms with E-state index in [-0.39, 0.29) is 19.0 Å². The first-order valence-electron chi connectivity index (χ1n) is 13.2. The molecule has 40 heavy (non-hydrogen) atoms. The molecule has 0 amide bonds. The van der Waals surface area contributed by atoms with Gasteiger partial charge >= 0.3 is 11.9 Å². The van der Waals surface area contributed by atoms with Crippen molar-refractivity contribution in [3.05, 3.63) is 98.9 Å². The molecule has 4 aromatic rings. The lowest BCUT2D eigenvalue weighted by Gasteiger charge is -2.21. The van der Waals surface area contributed by atoms with Crippen molar-refractivity contribution in [2.75, 3.05) is 0 Å². The summed E-state index contributed by atoms with van der Waals surface area (Å²) >= 11 is 1.65. The average Bonchev–Trinajstić information content (AvgIpc) is 3.39. The number of hydrogen-bond acceptors (Lipinski definition) is 8. The van der Waals surface area contributed by atoms with E-state index in [1.54, 1.807) is 23.5 Å². The molecule has 0 spiro atoms. The van der Waals surface area contributed by atoms with Crippen molar-refractivity contribution in [2.45, 2.75) is 66.2 Å². The third-order valence-electron chi connectivity index (χ3n) is 6.63. The second kappa shape index (κ2) is 10.8. The van der Waals surface area contributed by atoms with E-state index in [1.807, 2.05) is 74.7 Å². The summed E-state index contributed by atoms with van der Waals surface area (Å²) in [6.45, 7) is 11.8. The van der Waals surface area contributed by atoms with Crippen LogP contribution in [0.3, 0.4) is 0 Å². The summed E-state index contributed by atoms with van der Waals surface area (Å²) in [6, 6.07) is 16.2. The fraction of sp³-hybridized carbons (Fsp3) is 0.323. The second-order valence-electron chi connectivity index (χ2n) is 10.8. The highest BCUT2D eigenvalue weighted by molar-refractivity contribution is 7.15. The molecule has 0 bridgehead atoms. The van der Waals surface area contributed by atoms with Crippen LogP contribution in [0, 0.1) is 20.8 Å². The molecule has 8 nitrogen and oxygen atoms in total. The van der Waals surface area contributed by atoms with Crippen molar-refractivity contribution in [1.82, 2.24) is 14.8 Å². The quantitative estimate of drug-likeness (QED) is 0.261. The molecule has 0 radical (unpaired) electrons. The lowest BCUT2D eigenvalue weighted by atomic mass is 9.98. The van der Waals surface area contributed by atoms with Gasteiger partial charge in [0.25, 0.3) is 0 Å². The minimum absolute atomic E-state index is 0.0236. The van der Waals surface area contributed by atoms with E-state index in [0.29, 0.717) is 11.4 Å². The summed E-state index contributed by atoms with van der Waals surface area (Å²) in [4.78, 5) is 31.9. The number of aliphatic imine (C=N–C) groups is 1. The summed E-state index contributed by atoms with van der Waals surface area (Å²) in [7, 11) is 0. The molecule has 3 heterocycles. The van der Waals surface area contributed by atoms with Crippen LogP contribution in [0.5, 0.6) is 0 Å². The largest absolute Gasteiger partial charge is 0.460 e. The third kappa shape index (κ3) is 5.60. The number of thiophene rings is 1. The lowest BCUT2D eigenvalue weighted by molar-refractivity contribution is -0.155. The van der Waals surface area contributed by atoms with Gasteiger partial charge in [-0.25, -0.2) is 4.79 Å². The van der Waals surface area contributed by atoms with E-state index >= 15 is 0 Å². The Balaban J connectivity index is 1.51. The van der Waals surface area contributed by atoms with E-state index in [2.05, 4.69) is 24.0 Å². The number of aryl methyl sites for hydroxylation is 2. The minimum Gasteiger partial charge on any atom is -0.460 e. The summed E-state index contributed by atoms with van der Waals surface area (Å²) < 4.78 is 13.1. The Hall–Kier alpha value is -4.11. The van der Waals surface area contributed by atoms with Gasteiger partial charge in [0, 0.05) is 16.0 Å². The fourth-order valence-corrected chi connectivity index (χ4v) is 5.85. The Morgan fingerprint density at radius 3 is 2.35 bits per heavy atom. The average molecular weight is 557 g/mol. The number of carbonyl (C=O) groups is 2. The third-order valence-corrected chi connectivity index (χ3v) is 7.82. The zero-order chi connectivity index (χ0) is 28.6. The zero-order valence-corrected chi connectivity index (χ0v) is 24.3. The van der Waals surface area contributed by atoms with E-state index < -0.39 is 17.6 Å². The van der Waals surface area contributed by atoms with E-state index in [4.69, 9.17) is 14.5 Å². The number of aromatic nitrogens is 3. The second-order valence-corrected chi connectivity index (χ2v) is 12.0. The molecule has 2 aromatic carbocycles. The zero-order valence-electron chi connectivity index (χ0n) is 23.5. The van der Waals surface area contributed by atoms with Gasteiger partial charge in [0.05, 0.1) is 17.7 Å². The number of nitrogens with zero attached hydrogens (tertiary/aromatic N) is 4. The van der Waals surface area contributed by atoms with Crippen LogP contribution in [-0.2, 0) is 20.9 Å². The first-order chi connectivity index (χ1) is 19.0. The van der Waals surface area contributed by atoms with E-state index in [0.717, 1.165) is 43.7 Å². The van der Waals surface area contributed by atoms with Crippen LogP contribution < -0.4 is 0 Å². The van der Waals surface area contributed by atoms with Crippen LogP contribution in [0.1, 0.15) is 82.4 Å². The van der Waals surface area contributed by atoms with Gasteiger partial charge in [0.2, 0.25) is 0 Å². The monoisotopic (exact) mass is 556 g/mol. The number of fused-ring (bicyclic) bond motifs is 3. The van der Waals surface area contributed by atoms with Crippen LogP contribution >= 0.6 is 11.3 Å². The highest BCUT2D eigenvalue weighted by Gasteiger charge is 2.33. The Morgan fingerprint density at radius 1 is 0.975 bits per heavy atom. The maximum Gasteiger partial charge on any atom is 0.338 e. The Labute approximate surface area is 237 Å². The standard InChI is InChI=1S/C31H32N4O4S/c1-18-19(2)40-29-26(18)27(22-12-14-23(15-13-22)30(37)38-17-21-10-8-7-9-11-21)32-24(16-25(36)39-31(4,5)6)28-34-33-20(3)35(28)29/h7-15,24H,16-17H2,1-6H3. The predicted molar refractivity (Wildman–Crippen MR) is 154 cm³/mol. The molecule has 0 N–H and O–H groups in total. The molecule has 1 unspecified atom stereocenters. The smallest absolute Gasteiger partial charge is 0.338 e. The van der Waals surface area contributed by atoms with Gasteiger partial charge in [0.15, 0.2) is 5.82 Å². The molecule has 206 valence electrons. The molecule has 5 rings (SSSR count). The van der Waals surface area contributed by atoms with Crippen LogP contribution in [0.25, 0.3) is 5.00 Å². The van der Waals surface area contributed by atoms with Gasteiger partial charge < -0.3 is 9.47 Å². The van der Waals surface area contributed by atoms with E-state index in [1.165, 1.54) is 0 Å². The van der Waals surface area contributed by atoms with Crippen molar-refractivity contribution in [2.24, 2.45) is 4.99 Å². The topological polar surface area (TPSA) is 95.7 Å². The fourth-order valence-electron chi connectivity index (χ4n) is 4.64. The number of hydrogen-bond donors (Lipinski definition) is 0. The molecule has 1 aliphatic rings. The molecular formula is C31H32N4O4S. The van der Waals surface area contributed by atoms with Crippen molar-refractivity contribution in [1.29, 1.82) is 0 Å². The van der Waals surface area contributed by atoms with Gasteiger partial charge in [0.1, 0.15) is 29.1 Å². The number of esters is 2. The first-order valence-corrected chi connectivity index (χ1v) is 14.0. The molecule has 2 aromatic heterocycles. The summed E-state index contributed by atoms with van der Waals surface area (Å²) in [6.07, 6.45) is 0.0236. The molecule has 0 fully saturated rings. The molecule has 0 saturated heterocycles. The molecule has 0 saturated carbocycles. The predicted octanol–water partition coefficient (Wildman–Crippen LogP) is 6.23. The number of rotatable bonds is 6. The maximum absolute atomic E-state index is 12.9. The van der Waals surface area contributed by atoms with Gasteiger partial charge in [-0.1, -0.05) is 42.5 Å². The minimum atomic E-state index is -0.616. The Kier molecular flexibility index (Phi) is 7.42. The van der Waals surface area contributed by atoms with Crippen LogP contribution in [0.15, 0.2) is 59.6 Å². The van der Waals surface area contributed by atoms with Crippen molar-refractivity contribution in [3.63, 3.8) is 0 Å². The van der Waals surface area contributed by atoms with Gasteiger partial charge in [-0.3, -0.25) is 14.4 Å². The number of benzene rings is 2. The highest BCUT2D eigenvalue weighted by atomic mass is 32.1. The summed E-state index contributed by atoms with van der Waals surface area (Å²) in [5.41, 5.74) is 4.39. The Bertz CT molecular complexity index is 1590. The van der Waals surface area contributed by atoms with Crippen LogP contribution in [-0.4, -0.2) is 38.0 Å². The SMILES string of the molecule is Cc1sc2c(c1C)C(c1ccc(C(=O)OCc3ccccc3)cc1)=NC(CC(=O)OC(C)(C)C)c1nnc(C)n1-2. The van der Waals surface area contributed by atoms with Crippen LogP contribution in [0.2, 0.25) is 0 Å². The molecule has 0 aliphatic carbocycles. The van der Waals surface area contributed by atoms with Crippen molar-refractivity contribution >= 4 is 29.0 Å². The number of carbonyl (C=O) groups excluding carboxylic acids is 2. The van der Waals surface area contributed by atoms with Gasteiger partial charge in [-0.05, 0) is 64.8 Å². The lowest BCUT2D eigenvalue weighted by Crippen LogP contribution is -2.25. The molecule has 1 aliphatic heterocycles. The van der Waals surface area contributed by atoms with Crippen molar-refractivity contribution < 1.29 is 19.1 Å². The molecule has 1 atom stereocenters. The van der Waals surface area contributed by atoms with Gasteiger partial charge in [-0.15, -0.1) is 21.5 Å². The molecule has 9 heteroatoms.